The van der Waals surface area contributed by atoms with Crippen LogP contribution in [0, 0.1) is 0 Å². The van der Waals surface area contributed by atoms with Crippen LogP contribution in [-0.2, 0) is 23.8 Å². The third-order valence-electron chi connectivity index (χ3n) is 18.0. The van der Waals surface area contributed by atoms with Crippen LogP contribution in [0.3, 0.4) is 0 Å². The maximum Gasteiger partial charge on any atom is 0.306 e. The predicted molar refractivity (Wildman–Crippen MR) is 366 cm³/mol. The van der Waals surface area contributed by atoms with E-state index in [1.165, 1.54) is 263 Å². The van der Waals surface area contributed by atoms with Gasteiger partial charge in [-0.05, 0) is 77.0 Å². The normalized spacial score (nSPS) is 18.4. The van der Waals surface area contributed by atoms with Gasteiger partial charge < -0.3 is 45.1 Å². The quantitative estimate of drug-likeness (QED) is 0.0195. The molecule has 0 aromatic heterocycles. The molecule has 512 valence electrons. The van der Waals surface area contributed by atoms with Crippen LogP contribution in [0.2, 0.25) is 0 Å². The zero-order chi connectivity index (χ0) is 63.1. The van der Waals surface area contributed by atoms with Crippen molar-refractivity contribution in [3.05, 3.63) is 36.5 Å². The Morgan fingerprint density at radius 2 is 0.759 bits per heavy atom. The molecule has 1 fully saturated rings. The zero-order valence-electron chi connectivity index (χ0n) is 57.2. The number of aliphatic hydroxyl groups is 5. The average Bonchev–Trinajstić information content (AvgIpc) is 2.51. The minimum absolute atomic E-state index is 0.128. The van der Waals surface area contributed by atoms with Crippen molar-refractivity contribution in [1.29, 1.82) is 0 Å². The molecule has 0 aromatic rings. The molecule has 1 rings (SSSR count). The first-order valence-electron chi connectivity index (χ1n) is 37.8. The van der Waals surface area contributed by atoms with Gasteiger partial charge in [0.05, 0.1) is 25.4 Å². The summed E-state index contributed by atoms with van der Waals surface area (Å²) in [5, 5.41) is 57.3. The van der Waals surface area contributed by atoms with Crippen molar-refractivity contribution in [3.8, 4) is 0 Å². The second kappa shape index (κ2) is 64.0. The monoisotopic (exact) mass is 1230 g/mol. The van der Waals surface area contributed by atoms with E-state index in [-0.39, 0.29) is 13.0 Å². The molecule has 8 atom stereocenters. The predicted octanol–water partition coefficient (Wildman–Crippen LogP) is 19.7. The number of nitrogens with one attached hydrogen (secondary N) is 1. The van der Waals surface area contributed by atoms with E-state index in [4.69, 9.17) is 14.2 Å². The first-order valence-corrected chi connectivity index (χ1v) is 37.8. The van der Waals surface area contributed by atoms with Crippen LogP contribution < -0.4 is 5.32 Å². The van der Waals surface area contributed by atoms with Crippen molar-refractivity contribution in [2.24, 2.45) is 0 Å². The van der Waals surface area contributed by atoms with Crippen molar-refractivity contribution in [1.82, 2.24) is 5.32 Å². The summed E-state index contributed by atoms with van der Waals surface area (Å²) in [7, 11) is 0. The molecule has 0 bridgehead atoms. The van der Waals surface area contributed by atoms with Gasteiger partial charge >= 0.3 is 5.97 Å². The molecule has 11 heteroatoms. The second-order valence-corrected chi connectivity index (χ2v) is 26.4. The van der Waals surface area contributed by atoms with Crippen molar-refractivity contribution in [2.45, 2.75) is 423 Å². The molecule has 8 unspecified atom stereocenters. The lowest BCUT2D eigenvalue weighted by Gasteiger charge is -2.41. The number of hydrogen-bond acceptors (Lipinski definition) is 10. The Hall–Kier alpha value is -2.12. The summed E-state index contributed by atoms with van der Waals surface area (Å²) in [6, 6.07) is -1.02. The van der Waals surface area contributed by atoms with Crippen LogP contribution in [0.1, 0.15) is 374 Å². The van der Waals surface area contributed by atoms with Crippen molar-refractivity contribution >= 4 is 11.9 Å². The molecule has 0 radical (unpaired) electrons. The molecule has 0 aromatic carbocycles. The van der Waals surface area contributed by atoms with Crippen LogP contribution in [0.4, 0.5) is 0 Å². The lowest BCUT2D eigenvalue weighted by molar-refractivity contribution is -0.305. The van der Waals surface area contributed by atoms with E-state index >= 15 is 0 Å². The van der Waals surface area contributed by atoms with Gasteiger partial charge in [-0.15, -0.1) is 0 Å². The minimum Gasteiger partial charge on any atom is -0.454 e. The molecule has 1 amide bonds. The highest BCUT2D eigenvalue weighted by Crippen LogP contribution is 2.27. The fraction of sp³-hybridized carbons (Fsp3) is 0.895. The Balaban J connectivity index is 2.52. The van der Waals surface area contributed by atoms with Gasteiger partial charge in [-0.1, -0.05) is 327 Å². The smallest absolute Gasteiger partial charge is 0.306 e. The number of esters is 1. The standard InChI is InChI=1S/C76H143NO10/c1-4-7-10-13-16-19-22-25-27-29-31-32-33-34-35-36-37-38-39-41-43-46-49-52-55-58-61-64-71(81)87-74-73(83)72(82)70(65-78)86-76(74)85-66-67(68(79)62-59-56-53-50-47-44-24-21-18-15-12-9-6-3)77-75(84)69(80)63-60-57-54-51-48-45-42-40-30-28-26-23-20-17-14-11-8-5-2/h25-28,59,62,67-70,72-74,76,78-80,82-83H,4-24,29-58,60-61,63-66H2,1-3H3,(H,77,84)/b27-25+,28-26+,62-59+. The molecule has 6 N–H and O–H groups in total. The van der Waals surface area contributed by atoms with Crippen LogP contribution in [0.5, 0.6) is 0 Å². The molecule has 87 heavy (non-hydrogen) atoms. The van der Waals surface area contributed by atoms with Gasteiger partial charge in [0, 0.05) is 6.42 Å². The van der Waals surface area contributed by atoms with Crippen LogP contribution in [-0.4, -0.2) is 99.6 Å². The number of aliphatic hydroxyl groups excluding tert-OH is 5. The Morgan fingerprint density at radius 3 is 1.11 bits per heavy atom. The number of amides is 1. The zero-order valence-corrected chi connectivity index (χ0v) is 57.2. The maximum absolute atomic E-state index is 13.5. The van der Waals surface area contributed by atoms with E-state index < -0.39 is 67.4 Å². The van der Waals surface area contributed by atoms with Crippen molar-refractivity contribution in [2.75, 3.05) is 13.2 Å². The SMILES string of the molecule is CCCCCCCC/C=C/CCCCCCCCCCCCCCCCCCCC(=O)OC1C(OCC(NC(=O)C(O)CCCCCCCCCC/C=C/CCCCCCCC)C(O)/C=C/CCCCCCCCCCCCC)OC(CO)C(O)C1O. The van der Waals surface area contributed by atoms with Crippen LogP contribution in [0.15, 0.2) is 36.5 Å². The summed E-state index contributed by atoms with van der Waals surface area (Å²) >= 11 is 0. The summed E-state index contributed by atoms with van der Waals surface area (Å²) in [5.41, 5.74) is 0. The van der Waals surface area contributed by atoms with Crippen LogP contribution >= 0.6 is 0 Å². The molecular formula is C76H143NO10. The maximum atomic E-state index is 13.5. The van der Waals surface area contributed by atoms with E-state index in [0.717, 1.165) is 64.2 Å². The van der Waals surface area contributed by atoms with Gasteiger partial charge in [-0.25, -0.2) is 0 Å². The summed E-state index contributed by atoms with van der Waals surface area (Å²) in [6.07, 6.45) is 69.1. The number of rotatable bonds is 66. The number of allylic oxidation sites excluding steroid dienone is 5. The number of carbonyl (C=O) groups excluding carboxylic acids is 2. The molecule has 1 saturated heterocycles. The second-order valence-electron chi connectivity index (χ2n) is 26.4. The number of ether oxygens (including phenoxy) is 3. The number of hydrogen-bond donors (Lipinski definition) is 6. The van der Waals surface area contributed by atoms with E-state index in [9.17, 15) is 35.1 Å². The molecule has 0 aliphatic carbocycles. The van der Waals surface area contributed by atoms with Crippen molar-refractivity contribution < 1.29 is 49.3 Å². The molecule has 11 nitrogen and oxygen atoms in total. The topological polar surface area (TPSA) is 175 Å². The fourth-order valence-electron chi connectivity index (χ4n) is 12.1. The Labute approximate surface area is 536 Å². The molecule has 1 heterocycles. The summed E-state index contributed by atoms with van der Waals surface area (Å²) in [5.74, 6) is -1.18. The van der Waals surface area contributed by atoms with E-state index in [1.807, 2.05) is 6.08 Å². The Bertz CT molecular complexity index is 1560. The minimum atomic E-state index is -1.61. The Morgan fingerprint density at radius 1 is 0.437 bits per heavy atom. The largest absolute Gasteiger partial charge is 0.454 e. The molecule has 1 aliphatic rings. The number of unbranched alkanes of at least 4 members (excludes halogenated alkanes) is 48. The first kappa shape index (κ1) is 82.9. The molecular weight excluding hydrogens is 1090 g/mol. The number of carbonyl (C=O) groups is 2. The third kappa shape index (κ3) is 51.1. The average molecular weight is 1230 g/mol. The third-order valence-corrected chi connectivity index (χ3v) is 18.0. The van der Waals surface area contributed by atoms with Gasteiger partial charge in [0.15, 0.2) is 12.4 Å². The molecule has 0 spiro atoms. The highest BCUT2D eigenvalue weighted by atomic mass is 16.7. The lowest BCUT2D eigenvalue weighted by Crippen LogP contribution is -2.61. The van der Waals surface area contributed by atoms with E-state index in [1.54, 1.807) is 6.08 Å². The summed E-state index contributed by atoms with van der Waals surface area (Å²) < 4.78 is 17.7. The van der Waals surface area contributed by atoms with Gasteiger partial charge in [0.25, 0.3) is 0 Å². The molecule has 0 saturated carbocycles. The lowest BCUT2D eigenvalue weighted by atomic mass is 9.99. The fourth-order valence-corrected chi connectivity index (χ4v) is 12.1. The Kier molecular flexibility index (Phi) is 61.0. The highest BCUT2D eigenvalue weighted by Gasteiger charge is 2.47. The van der Waals surface area contributed by atoms with Gasteiger partial charge in [-0.3, -0.25) is 9.59 Å². The van der Waals surface area contributed by atoms with E-state index in [2.05, 4.69) is 50.4 Å². The highest BCUT2D eigenvalue weighted by molar-refractivity contribution is 5.80. The van der Waals surface area contributed by atoms with Gasteiger partial charge in [-0.2, -0.15) is 0 Å². The first-order chi connectivity index (χ1) is 42.7. The summed E-state index contributed by atoms with van der Waals surface area (Å²) in [4.78, 5) is 26.7. The summed E-state index contributed by atoms with van der Waals surface area (Å²) in [6.45, 7) is 5.84. The van der Waals surface area contributed by atoms with Crippen molar-refractivity contribution in [3.63, 3.8) is 0 Å². The van der Waals surface area contributed by atoms with Crippen LogP contribution in [0.25, 0.3) is 0 Å². The van der Waals surface area contributed by atoms with Gasteiger partial charge in [0.2, 0.25) is 5.91 Å². The molecule has 1 aliphatic heterocycles. The van der Waals surface area contributed by atoms with Gasteiger partial charge in [0.1, 0.15) is 24.4 Å². The van der Waals surface area contributed by atoms with E-state index in [0.29, 0.717) is 19.3 Å².